The van der Waals surface area contributed by atoms with E-state index in [4.69, 9.17) is 5.11 Å². The Labute approximate surface area is 104 Å². The van der Waals surface area contributed by atoms with E-state index in [-0.39, 0.29) is 6.20 Å². The van der Waals surface area contributed by atoms with Crippen LogP contribution < -0.4 is 4.74 Å². The molecule has 0 saturated heterocycles. The Kier molecular flexibility index (Phi) is 3.64. The first-order valence-corrected chi connectivity index (χ1v) is 4.80. The maximum absolute atomic E-state index is 12.3. The molecule has 1 aromatic heterocycles. The molecule has 0 aromatic carbocycles. The quantitative estimate of drug-likeness (QED) is 0.467. The molecule has 0 radical (unpaired) electrons. The van der Waals surface area contributed by atoms with Crippen molar-refractivity contribution in [2.45, 2.75) is 12.5 Å². The summed E-state index contributed by atoms with van der Waals surface area (Å²) in [4.78, 5) is 3.11. The van der Waals surface area contributed by atoms with Gasteiger partial charge >= 0.3 is 12.5 Å². The van der Waals surface area contributed by atoms with E-state index in [9.17, 15) is 26.3 Å². The molecule has 17 heavy (non-hydrogen) atoms. The molecule has 0 atom stereocenters. The summed E-state index contributed by atoms with van der Waals surface area (Å²) in [6.07, 6.45) is -10.3. The van der Waals surface area contributed by atoms with E-state index in [0.717, 1.165) is 0 Å². The number of alkyl halides is 6. The number of rotatable bonds is 1. The average Bonchev–Trinajstić information content (AvgIpc) is 2.08. The molecule has 1 aromatic rings. The van der Waals surface area contributed by atoms with Crippen molar-refractivity contribution in [2.75, 3.05) is 0 Å². The van der Waals surface area contributed by atoms with Crippen molar-refractivity contribution in [1.29, 1.82) is 0 Å². The molecule has 96 valence electrons. The van der Waals surface area contributed by atoms with Gasteiger partial charge in [0.05, 0.1) is 0 Å². The van der Waals surface area contributed by atoms with Gasteiger partial charge in [-0.05, 0) is 22.6 Å². The lowest BCUT2D eigenvalue weighted by Gasteiger charge is -2.16. The minimum absolute atomic E-state index is 0.155. The summed E-state index contributed by atoms with van der Waals surface area (Å²) >= 11 is 1.27. The monoisotopic (exact) mass is 373 g/mol. The Morgan fingerprint density at radius 2 is 1.71 bits per heavy atom. The van der Waals surface area contributed by atoms with E-state index < -0.39 is 33.3 Å². The molecule has 10 heteroatoms. The molecular formula is C7H2F6INO2. The number of ether oxygens (including phenoxy) is 1. The van der Waals surface area contributed by atoms with Crippen LogP contribution in [-0.2, 0) is 6.18 Å². The average molecular weight is 373 g/mol. The van der Waals surface area contributed by atoms with E-state index in [0.29, 0.717) is 0 Å². The second-order valence-corrected chi connectivity index (χ2v) is 3.71. The van der Waals surface area contributed by atoms with Crippen LogP contribution in [0.5, 0.6) is 11.5 Å². The fourth-order valence-electron chi connectivity index (χ4n) is 0.883. The summed E-state index contributed by atoms with van der Waals surface area (Å²) in [6.45, 7) is 0. The standard InChI is InChI=1S/C7H2F6INO2/c8-6(9,10)2-1-15-5(14)3(16)4(2)17-7(11,12)13/h1,16H. The maximum atomic E-state index is 12.3. The summed E-state index contributed by atoms with van der Waals surface area (Å²) in [6, 6.07) is 0. The van der Waals surface area contributed by atoms with E-state index in [1.165, 1.54) is 22.6 Å². The number of nitrogens with zero attached hydrogens (tertiary/aromatic N) is 1. The summed E-state index contributed by atoms with van der Waals surface area (Å²) in [5.41, 5.74) is -1.80. The Bertz CT molecular complexity index is 430. The Balaban J connectivity index is 3.37. The van der Waals surface area contributed by atoms with Crippen LogP contribution in [-0.4, -0.2) is 16.5 Å². The minimum atomic E-state index is -5.35. The van der Waals surface area contributed by atoms with E-state index in [2.05, 4.69) is 9.72 Å². The van der Waals surface area contributed by atoms with Gasteiger partial charge in [-0.3, -0.25) is 0 Å². The molecule has 0 aliphatic rings. The van der Waals surface area contributed by atoms with Crippen molar-refractivity contribution in [3.05, 3.63) is 15.5 Å². The number of hydrogen-bond acceptors (Lipinski definition) is 3. The normalized spacial score (nSPS) is 12.6. The Hall–Kier alpha value is -0.940. The van der Waals surface area contributed by atoms with Crippen LogP contribution in [0.4, 0.5) is 26.3 Å². The highest BCUT2D eigenvalue weighted by atomic mass is 127. The second kappa shape index (κ2) is 4.38. The largest absolute Gasteiger partial charge is 0.573 e. The number of pyridine rings is 1. The molecule has 0 unspecified atom stereocenters. The van der Waals surface area contributed by atoms with E-state index >= 15 is 0 Å². The summed E-state index contributed by atoms with van der Waals surface area (Å²) in [5, 5.41) is 9.11. The smallest absolute Gasteiger partial charge is 0.502 e. The van der Waals surface area contributed by atoms with Crippen LogP contribution in [0, 0.1) is 3.70 Å². The minimum Gasteiger partial charge on any atom is -0.502 e. The highest BCUT2D eigenvalue weighted by Crippen LogP contribution is 2.44. The van der Waals surface area contributed by atoms with Gasteiger partial charge in [0.25, 0.3) is 0 Å². The van der Waals surface area contributed by atoms with Crippen LogP contribution in [0.3, 0.4) is 0 Å². The number of aromatic nitrogens is 1. The molecular weight excluding hydrogens is 371 g/mol. The van der Waals surface area contributed by atoms with Gasteiger partial charge in [-0.2, -0.15) is 13.2 Å². The zero-order valence-electron chi connectivity index (χ0n) is 7.53. The molecule has 1 rings (SSSR count). The zero-order chi connectivity index (χ0) is 13.4. The SMILES string of the molecule is Oc1c(I)ncc(C(F)(F)F)c1OC(F)(F)F. The topological polar surface area (TPSA) is 42.4 Å². The lowest BCUT2D eigenvalue weighted by atomic mass is 10.2. The van der Waals surface area contributed by atoms with Crippen LogP contribution in [0.15, 0.2) is 6.20 Å². The molecule has 0 bridgehead atoms. The molecule has 0 fully saturated rings. The van der Waals surface area contributed by atoms with Crippen molar-refractivity contribution >= 4 is 22.6 Å². The maximum Gasteiger partial charge on any atom is 0.573 e. The van der Waals surface area contributed by atoms with E-state index in [1.54, 1.807) is 0 Å². The van der Waals surface area contributed by atoms with Crippen LogP contribution in [0.25, 0.3) is 0 Å². The molecule has 0 aliphatic heterocycles. The second-order valence-electron chi connectivity index (χ2n) is 2.69. The van der Waals surface area contributed by atoms with Gasteiger partial charge in [0.15, 0.2) is 11.5 Å². The van der Waals surface area contributed by atoms with Gasteiger partial charge in [0.2, 0.25) is 0 Å². The first-order chi connectivity index (χ1) is 7.52. The highest BCUT2D eigenvalue weighted by Gasteiger charge is 2.42. The molecule has 0 aliphatic carbocycles. The zero-order valence-corrected chi connectivity index (χ0v) is 9.68. The lowest BCUT2D eigenvalue weighted by Crippen LogP contribution is -2.20. The Morgan fingerprint density at radius 1 is 1.18 bits per heavy atom. The van der Waals surface area contributed by atoms with Crippen LogP contribution in [0.2, 0.25) is 0 Å². The van der Waals surface area contributed by atoms with Crippen molar-refractivity contribution < 1.29 is 36.2 Å². The van der Waals surface area contributed by atoms with Crippen molar-refractivity contribution in [1.82, 2.24) is 4.98 Å². The van der Waals surface area contributed by atoms with Gasteiger partial charge in [0.1, 0.15) is 9.26 Å². The van der Waals surface area contributed by atoms with Gasteiger partial charge in [-0.15, -0.1) is 13.2 Å². The van der Waals surface area contributed by atoms with Crippen LogP contribution >= 0.6 is 22.6 Å². The predicted octanol–water partition coefficient (Wildman–Crippen LogP) is 3.31. The summed E-state index contributed by atoms with van der Waals surface area (Å²) in [7, 11) is 0. The molecule has 0 spiro atoms. The summed E-state index contributed by atoms with van der Waals surface area (Å²) < 4.78 is 75.4. The highest BCUT2D eigenvalue weighted by molar-refractivity contribution is 14.1. The van der Waals surface area contributed by atoms with Crippen molar-refractivity contribution in [3.63, 3.8) is 0 Å². The lowest BCUT2D eigenvalue weighted by molar-refractivity contribution is -0.276. The predicted molar refractivity (Wildman–Crippen MR) is 50.3 cm³/mol. The fraction of sp³-hybridized carbons (Fsp3) is 0.286. The third-order valence-corrected chi connectivity index (χ3v) is 2.27. The third-order valence-electron chi connectivity index (χ3n) is 1.49. The van der Waals surface area contributed by atoms with Crippen molar-refractivity contribution in [3.8, 4) is 11.5 Å². The van der Waals surface area contributed by atoms with E-state index in [1.807, 2.05) is 0 Å². The fourth-order valence-corrected chi connectivity index (χ4v) is 1.27. The Morgan fingerprint density at radius 3 is 2.12 bits per heavy atom. The molecule has 3 nitrogen and oxygen atoms in total. The van der Waals surface area contributed by atoms with Gasteiger partial charge in [-0.25, -0.2) is 4.98 Å². The van der Waals surface area contributed by atoms with Crippen molar-refractivity contribution in [2.24, 2.45) is 0 Å². The molecule has 1 N–H and O–H groups in total. The number of aromatic hydroxyl groups is 1. The first-order valence-electron chi connectivity index (χ1n) is 3.73. The molecule has 0 saturated carbocycles. The van der Waals surface area contributed by atoms with Crippen LogP contribution in [0.1, 0.15) is 5.56 Å². The third kappa shape index (κ3) is 3.51. The molecule has 0 amide bonds. The number of hydrogen-bond donors (Lipinski definition) is 1. The van der Waals surface area contributed by atoms with Gasteiger partial charge in [-0.1, -0.05) is 0 Å². The first kappa shape index (κ1) is 14.1. The van der Waals surface area contributed by atoms with Gasteiger partial charge < -0.3 is 9.84 Å². The number of halogens is 7. The van der Waals surface area contributed by atoms with Gasteiger partial charge in [0, 0.05) is 6.20 Å². The molecule has 1 heterocycles. The summed E-state index contributed by atoms with van der Waals surface area (Å²) in [5.74, 6) is -3.01.